The summed E-state index contributed by atoms with van der Waals surface area (Å²) in [6.45, 7) is 6.29. The Bertz CT molecular complexity index is 557. The van der Waals surface area contributed by atoms with Crippen LogP contribution >= 0.6 is 0 Å². The van der Waals surface area contributed by atoms with Gasteiger partial charge in [-0.15, -0.1) is 0 Å². The molecule has 0 aromatic heterocycles. The van der Waals surface area contributed by atoms with Crippen LogP contribution in [0.3, 0.4) is 0 Å². The number of hydrogen-bond donors (Lipinski definition) is 2. The molecule has 1 saturated heterocycles. The minimum Gasteiger partial charge on any atom is -0.367 e. The maximum atomic E-state index is 11.3. The van der Waals surface area contributed by atoms with E-state index in [1.54, 1.807) is 12.1 Å². The molecular formula is C15H25N3O2S. The number of benzene rings is 1. The summed E-state index contributed by atoms with van der Waals surface area (Å²) < 4.78 is 22.7. The summed E-state index contributed by atoms with van der Waals surface area (Å²) >= 11 is 0. The van der Waals surface area contributed by atoms with Crippen LogP contribution in [0, 0.1) is 0 Å². The van der Waals surface area contributed by atoms with Gasteiger partial charge in [0.1, 0.15) is 0 Å². The van der Waals surface area contributed by atoms with Crippen LogP contribution in [0.25, 0.3) is 0 Å². The number of rotatable bonds is 5. The van der Waals surface area contributed by atoms with Crippen molar-refractivity contribution in [2.24, 2.45) is 5.14 Å². The summed E-state index contributed by atoms with van der Waals surface area (Å²) in [6.07, 6.45) is 3.57. The molecule has 0 spiro atoms. The van der Waals surface area contributed by atoms with E-state index in [4.69, 9.17) is 5.14 Å². The van der Waals surface area contributed by atoms with Crippen LogP contribution in [0.2, 0.25) is 0 Å². The summed E-state index contributed by atoms with van der Waals surface area (Å²) in [4.78, 5) is 2.54. The normalized spacial score (nSPS) is 21.3. The van der Waals surface area contributed by atoms with Gasteiger partial charge in [0.05, 0.1) is 4.90 Å². The number of nitrogens with one attached hydrogen (secondary N) is 1. The smallest absolute Gasteiger partial charge is 0.238 e. The van der Waals surface area contributed by atoms with Crippen LogP contribution in [0.4, 0.5) is 5.69 Å². The average Bonchev–Trinajstić information content (AvgIpc) is 2.47. The second-order valence-corrected chi connectivity index (χ2v) is 7.20. The lowest BCUT2D eigenvalue weighted by Gasteiger charge is -2.41. The zero-order valence-electron chi connectivity index (χ0n) is 12.7. The molecule has 21 heavy (non-hydrogen) atoms. The Morgan fingerprint density at radius 1 is 1.33 bits per heavy atom. The standard InChI is InChI=1S/C15H25N3O2S/c1-3-17-12(2)15-6-4-5-11-18(15)13-7-9-14(10-8-13)21(16,19)20/h7-10,12,15,17H,3-6,11H2,1-2H3,(H2,16,19,20). The van der Waals surface area contributed by atoms with E-state index in [0.29, 0.717) is 12.1 Å². The molecule has 3 N–H and O–H groups in total. The first kappa shape index (κ1) is 16.3. The molecule has 1 aromatic rings. The van der Waals surface area contributed by atoms with Crippen molar-refractivity contribution in [1.29, 1.82) is 0 Å². The summed E-state index contributed by atoms with van der Waals surface area (Å²) in [5.41, 5.74) is 1.07. The first-order valence-electron chi connectivity index (χ1n) is 7.56. The second-order valence-electron chi connectivity index (χ2n) is 5.64. The minimum absolute atomic E-state index is 0.166. The molecule has 1 aromatic carbocycles. The SMILES string of the molecule is CCNC(C)C1CCCCN1c1ccc(S(N)(=O)=O)cc1. The molecule has 2 atom stereocenters. The van der Waals surface area contributed by atoms with Crippen molar-refractivity contribution in [3.05, 3.63) is 24.3 Å². The lowest BCUT2D eigenvalue weighted by molar-refractivity contribution is 0.372. The first-order chi connectivity index (χ1) is 9.93. The van der Waals surface area contributed by atoms with Crippen molar-refractivity contribution in [3.8, 4) is 0 Å². The van der Waals surface area contributed by atoms with Crippen molar-refractivity contribution < 1.29 is 8.42 Å². The molecule has 1 fully saturated rings. The van der Waals surface area contributed by atoms with Gasteiger partial charge in [-0.1, -0.05) is 6.92 Å². The van der Waals surface area contributed by atoms with Crippen LogP contribution in [0.1, 0.15) is 33.1 Å². The Morgan fingerprint density at radius 3 is 2.57 bits per heavy atom. The predicted molar refractivity (Wildman–Crippen MR) is 85.9 cm³/mol. The van der Waals surface area contributed by atoms with Gasteiger partial charge in [-0.25, -0.2) is 13.6 Å². The fourth-order valence-electron chi connectivity index (χ4n) is 3.08. The molecular weight excluding hydrogens is 286 g/mol. The quantitative estimate of drug-likeness (QED) is 0.868. The molecule has 118 valence electrons. The van der Waals surface area contributed by atoms with Gasteiger partial charge >= 0.3 is 0 Å². The second kappa shape index (κ2) is 6.77. The Morgan fingerprint density at radius 2 is 2.00 bits per heavy atom. The largest absolute Gasteiger partial charge is 0.367 e. The van der Waals surface area contributed by atoms with Crippen molar-refractivity contribution in [3.63, 3.8) is 0 Å². The van der Waals surface area contributed by atoms with Gasteiger partial charge in [0.15, 0.2) is 0 Å². The maximum absolute atomic E-state index is 11.3. The van der Waals surface area contributed by atoms with Gasteiger partial charge in [0, 0.05) is 24.3 Å². The number of sulfonamides is 1. The molecule has 1 aliphatic heterocycles. The van der Waals surface area contributed by atoms with Crippen LogP contribution in [0.15, 0.2) is 29.2 Å². The van der Waals surface area contributed by atoms with E-state index in [1.165, 1.54) is 12.8 Å². The van der Waals surface area contributed by atoms with E-state index in [-0.39, 0.29) is 4.90 Å². The van der Waals surface area contributed by atoms with Gasteiger partial charge in [0.25, 0.3) is 0 Å². The average molecular weight is 311 g/mol. The van der Waals surface area contributed by atoms with E-state index in [2.05, 4.69) is 24.1 Å². The number of nitrogens with zero attached hydrogens (tertiary/aromatic N) is 1. The summed E-state index contributed by atoms with van der Waals surface area (Å²) in [6, 6.07) is 7.75. The van der Waals surface area contributed by atoms with E-state index in [9.17, 15) is 8.42 Å². The molecule has 1 heterocycles. The van der Waals surface area contributed by atoms with Gasteiger partial charge in [-0.3, -0.25) is 0 Å². The highest BCUT2D eigenvalue weighted by Crippen LogP contribution is 2.27. The summed E-state index contributed by atoms with van der Waals surface area (Å²) in [7, 11) is -3.62. The van der Waals surface area contributed by atoms with Crippen LogP contribution in [-0.2, 0) is 10.0 Å². The fourth-order valence-corrected chi connectivity index (χ4v) is 3.60. The zero-order valence-corrected chi connectivity index (χ0v) is 13.6. The predicted octanol–water partition coefficient (Wildman–Crippen LogP) is 1.69. The topological polar surface area (TPSA) is 75.4 Å². The van der Waals surface area contributed by atoms with Crippen LogP contribution in [0.5, 0.6) is 0 Å². The number of primary sulfonamides is 1. The van der Waals surface area contributed by atoms with Crippen molar-refractivity contribution in [2.75, 3.05) is 18.0 Å². The van der Waals surface area contributed by atoms with Gasteiger partial charge in [-0.05, 0) is 57.0 Å². The Labute approximate surface area is 127 Å². The molecule has 0 bridgehead atoms. The van der Waals surface area contributed by atoms with Crippen molar-refractivity contribution in [1.82, 2.24) is 5.32 Å². The lowest BCUT2D eigenvalue weighted by atomic mass is 9.95. The van der Waals surface area contributed by atoms with E-state index >= 15 is 0 Å². The van der Waals surface area contributed by atoms with Crippen molar-refractivity contribution in [2.45, 2.75) is 50.1 Å². The van der Waals surface area contributed by atoms with Gasteiger partial charge in [-0.2, -0.15) is 0 Å². The minimum atomic E-state index is -3.62. The first-order valence-corrected chi connectivity index (χ1v) is 9.11. The Balaban J connectivity index is 2.21. The van der Waals surface area contributed by atoms with Crippen LogP contribution in [-0.4, -0.2) is 33.6 Å². The third-order valence-electron chi connectivity index (χ3n) is 4.15. The number of likely N-dealkylation sites (N-methyl/N-ethyl adjacent to an activating group) is 1. The maximum Gasteiger partial charge on any atom is 0.238 e. The molecule has 1 aliphatic rings. The molecule has 2 unspecified atom stereocenters. The highest BCUT2D eigenvalue weighted by molar-refractivity contribution is 7.89. The molecule has 0 saturated carbocycles. The molecule has 0 amide bonds. The van der Waals surface area contributed by atoms with E-state index in [1.807, 2.05) is 12.1 Å². The molecule has 0 aliphatic carbocycles. The number of hydrogen-bond acceptors (Lipinski definition) is 4. The number of anilines is 1. The third kappa shape index (κ3) is 3.96. The van der Waals surface area contributed by atoms with E-state index < -0.39 is 10.0 Å². The number of piperidine rings is 1. The molecule has 6 heteroatoms. The monoisotopic (exact) mass is 311 g/mol. The molecule has 2 rings (SSSR count). The number of nitrogens with two attached hydrogens (primary N) is 1. The fraction of sp³-hybridized carbons (Fsp3) is 0.600. The Kier molecular flexibility index (Phi) is 5.24. The zero-order chi connectivity index (χ0) is 15.5. The molecule has 0 radical (unpaired) electrons. The van der Waals surface area contributed by atoms with Crippen LogP contribution < -0.4 is 15.4 Å². The Hall–Kier alpha value is -1.11. The summed E-state index contributed by atoms with van der Waals surface area (Å²) in [5.74, 6) is 0. The third-order valence-corrected chi connectivity index (χ3v) is 5.08. The highest BCUT2D eigenvalue weighted by Gasteiger charge is 2.27. The molecule has 5 nitrogen and oxygen atoms in total. The van der Waals surface area contributed by atoms with Gasteiger partial charge < -0.3 is 10.2 Å². The highest BCUT2D eigenvalue weighted by atomic mass is 32.2. The lowest BCUT2D eigenvalue weighted by Crippen LogP contribution is -2.51. The summed E-state index contributed by atoms with van der Waals surface area (Å²) in [5, 5.41) is 8.64. The van der Waals surface area contributed by atoms with Crippen molar-refractivity contribution >= 4 is 15.7 Å². The van der Waals surface area contributed by atoms with E-state index in [0.717, 1.165) is 25.2 Å². The van der Waals surface area contributed by atoms with Gasteiger partial charge in [0.2, 0.25) is 10.0 Å².